The van der Waals surface area contributed by atoms with Crippen molar-refractivity contribution >= 4 is 27.3 Å². The van der Waals surface area contributed by atoms with Gasteiger partial charge in [0.1, 0.15) is 0 Å². The first-order valence-corrected chi connectivity index (χ1v) is 7.97. The van der Waals surface area contributed by atoms with Gasteiger partial charge in [-0.2, -0.15) is 0 Å². The molecule has 96 valence electrons. The number of thiophene rings is 1. The summed E-state index contributed by atoms with van der Waals surface area (Å²) in [6.45, 7) is 8.75. The summed E-state index contributed by atoms with van der Waals surface area (Å²) in [5.41, 5.74) is 5.61. The molecule has 0 nitrogen and oxygen atoms in total. The largest absolute Gasteiger partial charge is 0.146 e. The van der Waals surface area contributed by atoms with Crippen molar-refractivity contribution in [2.75, 3.05) is 0 Å². The van der Waals surface area contributed by atoms with Crippen LogP contribution >= 0.6 is 27.3 Å². The second-order valence-electron chi connectivity index (χ2n) is 4.97. The third-order valence-electron chi connectivity index (χ3n) is 3.32. The summed E-state index contributed by atoms with van der Waals surface area (Å²) in [6.07, 6.45) is 1.06. The summed E-state index contributed by atoms with van der Waals surface area (Å²) < 4.78 is 0. The summed E-state index contributed by atoms with van der Waals surface area (Å²) in [4.78, 5) is 3.25. The number of hydrogen-bond donors (Lipinski definition) is 0. The van der Waals surface area contributed by atoms with Gasteiger partial charge in [-0.15, -0.1) is 11.3 Å². The van der Waals surface area contributed by atoms with Crippen molar-refractivity contribution in [3.05, 3.63) is 56.3 Å². The smallest absolute Gasteiger partial charge is 0.0446 e. The predicted octanol–water partition coefficient (Wildman–Crippen LogP) is 5.66. The zero-order valence-electron chi connectivity index (χ0n) is 11.4. The Kier molecular flexibility index (Phi) is 4.29. The Balaban J connectivity index is 2.23. The normalized spacial score (nSPS) is 12.7. The van der Waals surface area contributed by atoms with Crippen LogP contribution in [0, 0.1) is 27.7 Å². The highest BCUT2D eigenvalue weighted by Gasteiger charge is 2.14. The number of benzene rings is 1. The molecule has 0 aliphatic rings. The second-order valence-corrected chi connectivity index (χ2v) is 7.54. The maximum Gasteiger partial charge on any atom is 0.0446 e. The molecule has 0 fully saturated rings. The van der Waals surface area contributed by atoms with Crippen LogP contribution in [0.4, 0.5) is 0 Å². The Bertz CT molecular complexity index is 554. The molecule has 2 heteroatoms. The van der Waals surface area contributed by atoms with E-state index >= 15 is 0 Å². The van der Waals surface area contributed by atoms with Gasteiger partial charge < -0.3 is 0 Å². The van der Waals surface area contributed by atoms with Crippen LogP contribution in [-0.2, 0) is 6.42 Å². The fourth-order valence-electron chi connectivity index (χ4n) is 2.28. The molecule has 1 atom stereocenters. The number of alkyl halides is 1. The van der Waals surface area contributed by atoms with Gasteiger partial charge in [0.25, 0.3) is 0 Å². The summed E-state index contributed by atoms with van der Waals surface area (Å²) in [5, 5.41) is 0. The highest BCUT2D eigenvalue weighted by atomic mass is 79.9. The molecule has 0 saturated carbocycles. The van der Waals surface area contributed by atoms with Crippen molar-refractivity contribution in [2.45, 2.75) is 38.9 Å². The summed E-state index contributed by atoms with van der Waals surface area (Å²) in [5.74, 6) is 0. The topological polar surface area (TPSA) is 0 Å². The van der Waals surface area contributed by atoms with Crippen LogP contribution < -0.4 is 0 Å². The van der Waals surface area contributed by atoms with Crippen LogP contribution in [0.5, 0.6) is 0 Å². The fourth-order valence-corrected chi connectivity index (χ4v) is 4.25. The van der Waals surface area contributed by atoms with E-state index in [1.165, 1.54) is 32.0 Å². The Morgan fingerprint density at radius 2 is 1.83 bits per heavy atom. The second kappa shape index (κ2) is 5.58. The van der Waals surface area contributed by atoms with E-state index in [2.05, 4.69) is 67.9 Å². The lowest BCUT2D eigenvalue weighted by molar-refractivity contribution is 0.933. The third-order valence-corrected chi connectivity index (χ3v) is 5.12. The van der Waals surface area contributed by atoms with Crippen molar-refractivity contribution in [3.63, 3.8) is 0 Å². The fraction of sp³-hybridized carbons (Fsp3) is 0.375. The van der Waals surface area contributed by atoms with Gasteiger partial charge in [-0.05, 0) is 56.9 Å². The van der Waals surface area contributed by atoms with Crippen LogP contribution in [0.2, 0.25) is 0 Å². The van der Waals surface area contributed by atoms with Gasteiger partial charge >= 0.3 is 0 Å². The first-order chi connectivity index (χ1) is 8.47. The Hall–Kier alpha value is -0.600. The predicted molar refractivity (Wildman–Crippen MR) is 85.1 cm³/mol. The highest BCUT2D eigenvalue weighted by Crippen LogP contribution is 2.34. The molecule has 1 aromatic carbocycles. The molecule has 0 aliphatic heterocycles. The minimum atomic E-state index is 0.419. The molecular formula is C16H19BrS. The van der Waals surface area contributed by atoms with E-state index in [9.17, 15) is 0 Å². The average Bonchev–Trinajstić information content (AvgIpc) is 2.63. The van der Waals surface area contributed by atoms with Crippen LogP contribution in [0.3, 0.4) is 0 Å². The number of halogens is 1. The van der Waals surface area contributed by atoms with E-state index in [4.69, 9.17) is 0 Å². The van der Waals surface area contributed by atoms with Crippen molar-refractivity contribution in [2.24, 2.45) is 0 Å². The Labute approximate surface area is 122 Å². The van der Waals surface area contributed by atoms with Crippen LogP contribution in [0.1, 0.15) is 36.8 Å². The summed E-state index contributed by atoms with van der Waals surface area (Å²) in [7, 11) is 0. The molecule has 1 unspecified atom stereocenters. The molecule has 2 aromatic rings. The van der Waals surface area contributed by atoms with Crippen LogP contribution in [0.25, 0.3) is 0 Å². The number of rotatable bonds is 3. The first-order valence-electron chi connectivity index (χ1n) is 6.24. The van der Waals surface area contributed by atoms with E-state index in [-0.39, 0.29) is 0 Å². The van der Waals surface area contributed by atoms with Gasteiger partial charge in [0.2, 0.25) is 0 Å². The van der Waals surface area contributed by atoms with Crippen molar-refractivity contribution < 1.29 is 0 Å². The maximum absolute atomic E-state index is 3.85. The van der Waals surface area contributed by atoms with E-state index in [1.54, 1.807) is 0 Å². The van der Waals surface area contributed by atoms with Gasteiger partial charge in [-0.1, -0.05) is 39.7 Å². The van der Waals surface area contributed by atoms with Gasteiger partial charge in [0, 0.05) is 14.6 Å². The molecule has 0 saturated heterocycles. The summed E-state index contributed by atoms with van der Waals surface area (Å²) >= 11 is 5.74. The van der Waals surface area contributed by atoms with Gasteiger partial charge in [0.15, 0.2) is 0 Å². The molecule has 0 N–H and O–H groups in total. The lowest BCUT2D eigenvalue weighted by atomic mass is 9.99. The van der Waals surface area contributed by atoms with Crippen LogP contribution in [0.15, 0.2) is 24.3 Å². The molecule has 0 radical (unpaired) electrons. The quantitative estimate of drug-likeness (QED) is 0.639. The molecule has 0 amide bonds. The van der Waals surface area contributed by atoms with Crippen molar-refractivity contribution in [1.29, 1.82) is 0 Å². The average molecular weight is 323 g/mol. The number of hydrogen-bond acceptors (Lipinski definition) is 1. The molecule has 2 rings (SSSR count). The standard InChI is InChI=1S/C16H19BrS/c1-10-5-6-11(2)14(7-10)9-16(17)15-8-12(3)18-13(15)4/h5-8,16H,9H2,1-4H3. The van der Waals surface area contributed by atoms with Crippen LogP contribution in [-0.4, -0.2) is 0 Å². The van der Waals surface area contributed by atoms with Gasteiger partial charge in [-0.25, -0.2) is 0 Å². The minimum Gasteiger partial charge on any atom is -0.146 e. The lowest BCUT2D eigenvalue weighted by Crippen LogP contribution is -1.98. The Morgan fingerprint density at radius 1 is 1.11 bits per heavy atom. The highest BCUT2D eigenvalue weighted by molar-refractivity contribution is 9.09. The maximum atomic E-state index is 3.85. The molecular weight excluding hydrogens is 304 g/mol. The SMILES string of the molecule is Cc1ccc(C)c(CC(Br)c2cc(C)sc2C)c1. The molecule has 0 bridgehead atoms. The molecule has 0 spiro atoms. The molecule has 1 heterocycles. The molecule has 0 aliphatic carbocycles. The van der Waals surface area contributed by atoms with Crippen molar-refractivity contribution in [3.8, 4) is 0 Å². The zero-order chi connectivity index (χ0) is 13.3. The Morgan fingerprint density at radius 3 is 2.44 bits per heavy atom. The minimum absolute atomic E-state index is 0.419. The summed E-state index contributed by atoms with van der Waals surface area (Å²) in [6, 6.07) is 9.01. The van der Waals surface area contributed by atoms with E-state index in [0.29, 0.717) is 4.83 Å². The molecule has 1 aromatic heterocycles. The van der Waals surface area contributed by atoms with Gasteiger partial charge in [0.05, 0.1) is 0 Å². The van der Waals surface area contributed by atoms with Gasteiger partial charge in [-0.3, -0.25) is 0 Å². The van der Waals surface area contributed by atoms with E-state index in [0.717, 1.165) is 6.42 Å². The first kappa shape index (κ1) is 13.8. The zero-order valence-corrected chi connectivity index (χ0v) is 13.8. The van der Waals surface area contributed by atoms with Crippen molar-refractivity contribution in [1.82, 2.24) is 0 Å². The van der Waals surface area contributed by atoms with E-state index in [1.807, 2.05) is 11.3 Å². The van der Waals surface area contributed by atoms with E-state index < -0.39 is 0 Å². The third kappa shape index (κ3) is 3.04. The lowest BCUT2D eigenvalue weighted by Gasteiger charge is -2.12. The number of aryl methyl sites for hydroxylation is 4. The monoisotopic (exact) mass is 322 g/mol. The molecule has 18 heavy (non-hydrogen) atoms.